The highest BCUT2D eigenvalue weighted by Gasteiger charge is 2.63. The standard InChI is InChI=1S/C31H45NO3S/c1-18(2)29(26-7-6-14-36-26)32-27(35)15-19(3)22-8-9-23-28-24(11-13-31(22,23)5)30(4)12-10-21(33)16-20(30)17-25(28)34/h6-7,14,18-20,22-24,28-29H,8-13,15-17H2,1-5H3,(H,32,35)/t19-,20?,22?,23+,24+,28?,29?,30?,31?/m1/s1. The van der Waals surface area contributed by atoms with Crippen molar-refractivity contribution < 1.29 is 14.4 Å². The fraction of sp³-hybridized carbons (Fsp3) is 0.774. The molecule has 1 amide bonds. The molecule has 0 aromatic carbocycles. The highest BCUT2D eigenvalue weighted by Crippen LogP contribution is 2.67. The number of Topliss-reactive ketones (excluding diaryl/α,β-unsaturated/α-hetero) is 2. The van der Waals surface area contributed by atoms with E-state index in [1.54, 1.807) is 11.3 Å². The van der Waals surface area contributed by atoms with E-state index < -0.39 is 0 Å². The highest BCUT2D eigenvalue weighted by molar-refractivity contribution is 7.10. The highest BCUT2D eigenvalue weighted by atomic mass is 32.1. The van der Waals surface area contributed by atoms with Crippen molar-refractivity contribution in [3.8, 4) is 0 Å². The van der Waals surface area contributed by atoms with Gasteiger partial charge < -0.3 is 5.32 Å². The average Bonchev–Trinajstić information content (AvgIpc) is 3.46. The number of nitrogens with one attached hydrogen (secondary N) is 1. The van der Waals surface area contributed by atoms with E-state index in [4.69, 9.17) is 0 Å². The third-order valence-electron chi connectivity index (χ3n) is 11.4. The molecule has 198 valence electrons. The lowest BCUT2D eigenvalue weighted by Gasteiger charge is -2.59. The van der Waals surface area contributed by atoms with Crippen molar-refractivity contribution in [2.75, 3.05) is 0 Å². The Hall–Kier alpha value is -1.49. The number of amides is 1. The summed E-state index contributed by atoms with van der Waals surface area (Å²) >= 11 is 1.71. The van der Waals surface area contributed by atoms with Crippen molar-refractivity contribution in [1.82, 2.24) is 5.32 Å². The molecule has 4 fully saturated rings. The van der Waals surface area contributed by atoms with Crippen LogP contribution in [0.5, 0.6) is 0 Å². The van der Waals surface area contributed by atoms with Gasteiger partial charge in [0.05, 0.1) is 6.04 Å². The summed E-state index contributed by atoms with van der Waals surface area (Å²) in [6, 6.07) is 4.25. The molecule has 1 N–H and O–H groups in total. The summed E-state index contributed by atoms with van der Waals surface area (Å²) in [6.45, 7) is 11.4. The van der Waals surface area contributed by atoms with Crippen molar-refractivity contribution in [3.05, 3.63) is 22.4 Å². The lowest BCUT2D eigenvalue weighted by molar-refractivity contribution is -0.159. The van der Waals surface area contributed by atoms with Gasteiger partial charge >= 0.3 is 0 Å². The summed E-state index contributed by atoms with van der Waals surface area (Å²) in [5.41, 5.74) is 0.278. The third-order valence-corrected chi connectivity index (χ3v) is 12.3. The summed E-state index contributed by atoms with van der Waals surface area (Å²) in [6.07, 6.45) is 7.96. The van der Waals surface area contributed by atoms with E-state index in [0.29, 0.717) is 66.8 Å². The number of rotatable bonds is 6. The zero-order chi connectivity index (χ0) is 25.8. The zero-order valence-electron chi connectivity index (χ0n) is 22.8. The number of fused-ring (bicyclic) bond motifs is 5. The molecule has 5 heteroatoms. The first kappa shape index (κ1) is 26.1. The van der Waals surface area contributed by atoms with Crippen molar-refractivity contribution in [2.45, 2.75) is 98.4 Å². The molecular formula is C31H45NO3S. The largest absolute Gasteiger partial charge is 0.348 e. The molecule has 4 aliphatic carbocycles. The Morgan fingerprint density at radius 1 is 1.06 bits per heavy atom. The summed E-state index contributed by atoms with van der Waals surface area (Å²) < 4.78 is 0. The fourth-order valence-corrected chi connectivity index (χ4v) is 10.3. The van der Waals surface area contributed by atoms with Gasteiger partial charge in [-0.1, -0.05) is 40.7 Å². The van der Waals surface area contributed by atoms with E-state index in [0.717, 1.165) is 32.1 Å². The maximum absolute atomic E-state index is 13.6. The van der Waals surface area contributed by atoms with Gasteiger partial charge in [-0.3, -0.25) is 14.4 Å². The minimum absolute atomic E-state index is 0.0722. The molecule has 36 heavy (non-hydrogen) atoms. The molecule has 0 aliphatic heterocycles. The molecule has 0 bridgehead atoms. The summed E-state index contributed by atoms with van der Waals surface area (Å²) in [5.74, 6) is 3.39. The minimum Gasteiger partial charge on any atom is -0.348 e. The second-order valence-corrected chi connectivity index (χ2v) is 14.5. The number of hydrogen-bond acceptors (Lipinski definition) is 4. The van der Waals surface area contributed by atoms with Crippen LogP contribution < -0.4 is 5.32 Å². The van der Waals surface area contributed by atoms with E-state index >= 15 is 0 Å². The van der Waals surface area contributed by atoms with Gasteiger partial charge in [-0.15, -0.1) is 11.3 Å². The van der Waals surface area contributed by atoms with Crippen molar-refractivity contribution >= 4 is 28.8 Å². The van der Waals surface area contributed by atoms with Crippen LogP contribution in [0.4, 0.5) is 0 Å². The Kier molecular flexibility index (Phi) is 7.02. The van der Waals surface area contributed by atoms with Crippen molar-refractivity contribution in [3.63, 3.8) is 0 Å². The van der Waals surface area contributed by atoms with Crippen LogP contribution in [-0.2, 0) is 14.4 Å². The first-order valence-corrected chi connectivity index (χ1v) is 15.3. The molecule has 0 radical (unpaired) electrons. The molecule has 1 aromatic rings. The lowest BCUT2D eigenvalue weighted by atomic mass is 9.44. The molecule has 6 unspecified atom stereocenters. The Morgan fingerprint density at radius 2 is 1.81 bits per heavy atom. The van der Waals surface area contributed by atoms with Gasteiger partial charge in [0.15, 0.2) is 0 Å². The van der Waals surface area contributed by atoms with Gasteiger partial charge in [-0.25, -0.2) is 0 Å². The Balaban J connectivity index is 1.29. The molecular weight excluding hydrogens is 466 g/mol. The van der Waals surface area contributed by atoms with Crippen LogP contribution in [-0.4, -0.2) is 17.5 Å². The predicted octanol–water partition coefficient (Wildman–Crippen LogP) is 6.99. The molecule has 1 heterocycles. The van der Waals surface area contributed by atoms with Gasteiger partial charge in [-0.2, -0.15) is 0 Å². The monoisotopic (exact) mass is 511 g/mol. The number of carbonyl (C=O) groups excluding carboxylic acids is 3. The maximum Gasteiger partial charge on any atom is 0.220 e. The quantitative estimate of drug-likeness (QED) is 0.447. The third kappa shape index (κ3) is 4.31. The second-order valence-electron chi connectivity index (χ2n) is 13.6. The van der Waals surface area contributed by atoms with Gasteiger partial charge in [0.25, 0.3) is 0 Å². The van der Waals surface area contributed by atoms with Crippen LogP contribution >= 0.6 is 11.3 Å². The summed E-state index contributed by atoms with van der Waals surface area (Å²) in [4.78, 5) is 40.2. The smallest absolute Gasteiger partial charge is 0.220 e. The summed E-state index contributed by atoms with van der Waals surface area (Å²) in [5, 5.41) is 5.42. The molecule has 1 aromatic heterocycles. The first-order chi connectivity index (χ1) is 17.0. The normalized spacial score (nSPS) is 39.8. The lowest BCUT2D eigenvalue weighted by Crippen LogP contribution is -2.57. The molecule has 5 rings (SSSR count). The molecule has 0 saturated heterocycles. The van der Waals surface area contributed by atoms with E-state index in [1.165, 1.54) is 4.88 Å². The van der Waals surface area contributed by atoms with Crippen molar-refractivity contribution in [2.24, 2.45) is 52.3 Å². The zero-order valence-corrected chi connectivity index (χ0v) is 23.7. The van der Waals surface area contributed by atoms with Crippen LogP contribution in [0.25, 0.3) is 0 Å². The average molecular weight is 512 g/mol. The van der Waals surface area contributed by atoms with Crippen LogP contribution in [0, 0.1) is 52.3 Å². The maximum atomic E-state index is 13.6. The van der Waals surface area contributed by atoms with Gasteiger partial charge in [0.1, 0.15) is 11.6 Å². The first-order valence-electron chi connectivity index (χ1n) is 14.4. The molecule has 4 nitrogen and oxygen atoms in total. The van der Waals surface area contributed by atoms with E-state index in [9.17, 15) is 14.4 Å². The Morgan fingerprint density at radius 3 is 2.50 bits per heavy atom. The Bertz CT molecular complexity index is 1000. The fourth-order valence-electron chi connectivity index (χ4n) is 9.40. The number of thiophene rings is 1. The van der Waals surface area contributed by atoms with Crippen LogP contribution in [0.1, 0.15) is 103 Å². The molecule has 4 aliphatic rings. The van der Waals surface area contributed by atoms with Crippen LogP contribution in [0.2, 0.25) is 0 Å². The summed E-state index contributed by atoms with van der Waals surface area (Å²) in [7, 11) is 0. The second kappa shape index (κ2) is 9.67. The van der Waals surface area contributed by atoms with E-state index in [1.807, 2.05) is 0 Å². The number of carbonyl (C=O) groups is 3. The van der Waals surface area contributed by atoms with E-state index in [-0.39, 0.29) is 34.6 Å². The van der Waals surface area contributed by atoms with Crippen molar-refractivity contribution in [1.29, 1.82) is 0 Å². The van der Waals surface area contributed by atoms with Gasteiger partial charge in [0.2, 0.25) is 5.91 Å². The predicted molar refractivity (Wildman–Crippen MR) is 144 cm³/mol. The Labute approximate surface area is 221 Å². The van der Waals surface area contributed by atoms with Crippen LogP contribution in [0.15, 0.2) is 17.5 Å². The SMILES string of the molecule is CC(C)C(NC(=O)C[C@@H](C)C1CC[C@H]2C3C(=O)CC4CC(=O)CCC4(C)[C@H]3CCC12C)c1cccs1. The van der Waals surface area contributed by atoms with Gasteiger partial charge in [-0.05, 0) is 89.9 Å². The number of hydrogen-bond donors (Lipinski definition) is 1. The van der Waals surface area contributed by atoms with E-state index in [2.05, 4.69) is 57.4 Å². The molecule has 0 spiro atoms. The molecule has 9 atom stereocenters. The topological polar surface area (TPSA) is 63.2 Å². The minimum atomic E-state index is 0.0722. The van der Waals surface area contributed by atoms with Gasteiger partial charge in [0, 0.05) is 36.5 Å². The number of ketones is 2. The molecule has 4 saturated carbocycles. The van der Waals surface area contributed by atoms with Crippen LogP contribution in [0.3, 0.4) is 0 Å².